The average Bonchev–Trinajstić information content (AvgIpc) is 2.87. The average molecular weight is 262 g/mol. The van der Waals surface area contributed by atoms with Crippen molar-refractivity contribution in [1.29, 1.82) is 0 Å². The number of esters is 1. The molecule has 2 rings (SSSR count). The fourth-order valence-electron chi connectivity index (χ4n) is 1.44. The van der Waals surface area contributed by atoms with E-state index < -0.39 is 11.9 Å². The summed E-state index contributed by atoms with van der Waals surface area (Å²) >= 11 is 0. The van der Waals surface area contributed by atoms with Gasteiger partial charge in [0.1, 0.15) is 6.33 Å². The fraction of sp³-hybridized carbons (Fsp3) is 0.0909. The first kappa shape index (κ1) is 12.6. The number of benzene rings is 1. The number of nitrogen functional groups attached to an aromatic ring is 1. The number of carboxylic acids is 1. The number of hydrogen-bond acceptors (Lipinski definition) is 6. The van der Waals surface area contributed by atoms with E-state index in [1.807, 2.05) is 0 Å². The molecule has 1 aromatic heterocycles. The summed E-state index contributed by atoms with van der Waals surface area (Å²) in [6.07, 6.45) is 1.28. The molecule has 0 radical (unpaired) electrons. The van der Waals surface area contributed by atoms with Gasteiger partial charge in [-0.1, -0.05) is 0 Å². The zero-order valence-electron chi connectivity index (χ0n) is 9.90. The predicted molar refractivity (Wildman–Crippen MR) is 64.1 cm³/mol. The fourth-order valence-corrected chi connectivity index (χ4v) is 1.44. The van der Waals surface area contributed by atoms with Crippen molar-refractivity contribution in [2.24, 2.45) is 0 Å². The van der Waals surface area contributed by atoms with Crippen LogP contribution in [0, 0.1) is 0 Å². The minimum absolute atomic E-state index is 0.0485. The number of nitrogens with two attached hydrogens (primary N) is 1. The summed E-state index contributed by atoms with van der Waals surface area (Å²) in [4.78, 5) is 25.9. The molecule has 0 atom stereocenters. The van der Waals surface area contributed by atoms with Crippen LogP contribution < -0.4 is 5.73 Å². The molecule has 19 heavy (non-hydrogen) atoms. The zero-order chi connectivity index (χ0) is 14.0. The second-order valence-corrected chi connectivity index (χ2v) is 3.58. The Balaban J connectivity index is 2.42. The van der Waals surface area contributed by atoms with Crippen LogP contribution in [0.1, 0.15) is 21.0 Å². The second-order valence-electron chi connectivity index (χ2n) is 3.58. The third kappa shape index (κ3) is 2.37. The minimum atomic E-state index is -1.15. The van der Waals surface area contributed by atoms with Crippen LogP contribution in [0.2, 0.25) is 0 Å². The van der Waals surface area contributed by atoms with E-state index in [1.165, 1.54) is 30.3 Å². The van der Waals surface area contributed by atoms with Gasteiger partial charge in [0.15, 0.2) is 0 Å². The molecule has 98 valence electrons. The highest BCUT2D eigenvalue weighted by Gasteiger charge is 2.14. The molecule has 1 heterocycles. The van der Waals surface area contributed by atoms with E-state index >= 15 is 0 Å². The summed E-state index contributed by atoms with van der Waals surface area (Å²) in [5.41, 5.74) is 6.06. The number of carbonyl (C=O) groups is 2. The number of ether oxygens (including phenoxy) is 1. The topological polar surface area (TPSA) is 120 Å². The van der Waals surface area contributed by atoms with Gasteiger partial charge in [0.2, 0.25) is 0 Å². The standard InChI is InChI=1S/C11H10N4O4/c1-19-11(18)9-13-5-15(14-9)6-2-3-8(12)7(4-6)10(16)17/h2-5H,12H2,1H3,(H,16,17). The van der Waals surface area contributed by atoms with Crippen LogP contribution in [-0.4, -0.2) is 38.9 Å². The summed E-state index contributed by atoms with van der Waals surface area (Å²) in [6.45, 7) is 0. The third-order valence-corrected chi connectivity index (χ3v) is 2.39. The Morgan fingerprint density at radius 2 is 2.16 bits per heavy atom. The lowest BCUT2D eigenvalue weighted by Gasteiger charge is -2.04. The summed E-state index contributed by atoms with van der Waals surface area (Å²) in [5.74, 6) is -1.93. The number of aromatic nitrogens is 3. The van der Waals surface area contributed by atoms with Crippen LogP contribution in [0.5, 0.6) is 0 Å². The summed E-state index contributed by atoms with van der Waals surface area (Å²) in [5, 5.41) is 12.8. The Kier molecular flexibility index (Phi) is 3.15. The first-order valence-electron chi connectivity index (χ1n) is 5.16. The van der Waals surface area contributed by atoms with Crippen LogP contribution >= 0.6 is 0 Å². The maximum atomic E-state index is 11.2. The molecule has 0 saturated carbocycles. The van der Waals surface area contributed by atoms with E-state index in [9.17, 15) is 9.59 Å². The Morgan fingerprint density at radius 3 is 2.79 bits per heavy atom. The van der Waals surface area contributed by atoms with E-state index in [1.54, 1.807) is 6.07 Å². The number of anilines is 1. The molecular weight excluding hydrogens is 252 g/mol. The highest BCUT2D eigenvalue weighted by atomic mass is 16.5. The largest absolute Gasteiger partial charge is 0.478 e. The lowest BCUT2D eigenvalue weighted by molar-refractivity contribution is 0.0586. The summed E-state index contributed by atoms with van der Waals surface area (Å²) in [7, 11) is 1.22. The molecule has 0 fully saturated rings. The number of nitrogens with zero attached hydrogens (tertiary/aromatic N) is 3. The van der Waals surface area contributed by atoms with Crippen molar-refractivity contribution in [1.82, 2.24) is 14.8 Å². The number of methoxy groups -OCH3 is 1. The maximum Gasteiger partial charge on any atom is 0.377 e. The molecule has 0 aliphatic rings. The molecule has 8 nitrogen and oxygen atoms in total. The van der Waals surface area contributed by atoms with Crippen molar-refractivity contribution < 1.29 is 19.4 Å². The van der Waals surface area contributed by atoms with Gasteiger partial charge in [-0.05, 0) is 18.2 Å². The molecule has 0 aliphatic heterocycles. The first-order valence-corrected chi connectivity index (χ1v) is 5.16. The highest BCUT2D eigenvalue weighted by molar-refractivity contribution is 5.94. The van der Waals surface area contributed by atoms with Gasteiger partial charge in [0, 0.05) is 5.69 Å². The van der Waals surface area contributed by atoms with Crippen LogP contribution in [0.15, 0.2) is 24.5 Å². The normalized spacial score (nSPS) is 10.2. The van der Waals surface area contributed by atoms with Gasteiger partial charge in [-0.3, -0.25) is 0 Å². The molecule has 0 aliphatic carbocycles. The van der Waals surface area contributed by atoms with Crippen molar-refractivity contribution in [3.05, 3.63) is 35.9 Å². The number of aromatic carboxylic acids is 1. The monoisotopic (exact) mass is 262 g/mol. The van der Waals surface area contributed by atoms with Crippen LogP contribution in [0.25, 0.3) is 5.69 Å². The number of rotatable bonds is 3. The quantitative estimate of drug-likeness (QED) is 0.604. The van der Waals surface area contributed by atoms with E-state index in [0.717, 1.165) is 0 Å². The highest BCUT2D eigenvalue weighted by Crippen LogP contribution is 2.16. The molecule has 0 bridgehead atoms. The van der Waals surface area contributed by atoms with Gasteiger partial charge in [0.05, 0.1) is 18.4 Å². The Morgan fingerprint density at radius 1 is 1.42 bits per heavy atom. The smallest absolute Gasteiger partial charge is 0.377 e. The van der Waals surface area contributed by atoms with Crippen molar-refractivity contribution in [2.75, 3.05) is 12.8 Å². The van der Waals surface area contributed by atoms with Crippen molar-refractivity contribution in [3.8, 4) is 5.69 Å². The Hall–Kier alpha value is -2.90. The van der Waals surface area contributed by atoms with Crippen LogP contribution in [0.4, 0.5) is 5.69 Å². The van der Waals surface area contributed by atoms with Crippen molar-refractivity contribution in [2.45, 2.75) is 0 Å². The van der Waals surface area contributed by atoms with E-state index in [2.05, 4.69) is 14.8 Å². The molecule has 0 unspecified atom stereocenters. The molecule has 0 saturated heterocycles. The van der Waals surface area contributed by atoms with E-state index in [-0.39, 0.29) is 17.1 Å². The Bertz CT molecular complexity index is 650. The zero-order valence-corrected chi connectivity index (χ0v) is 9.90. The molecule has 8 heteroatoms. The van der Waals surface area contributed by atoms with Gasteiger partial charge in [-0.25, -0.2) is 19.3 Å². The number of hydrogen-bond donors (Lipinski definition) is 2. The molecule has 3 N–H and O–H groups in total. The van der Waals surface area contributed by atoms with Crippen molar-refractivity contribution in [3.63, 3.8) is 0 Å². The lowest BCUT2D eigenvalue weighted by Crippen LogP contribution is -2.07. The van der Waals surface area contributed by atoms with Gasteiger partial charge in [-0.15, -0.1) is 5.10 Å². The molecule has 2 aromatic rings. The second kappa shape index (κ2) is 4.77. The molecule has 0 spiro atoms. The van der Waals surface area contributed by atoms with Gasteiger partial charge in [-0.2, -0.15) is 0 Å². The minimum Gasteiger partial charge on any atom is -0.478 e. The van der Waals surface area contributed by atoms with Crippen LogP contribution in [0.3, 0.4) is 0 Å². The van der Waals surface area contributed by atoms with Gasteiger partial charge < -0.3 is 15.6 Å². The van der Waals surface area contributed by atoms with Gasteiger partial charge in [0.25, 0.3) is 5.82 Å². The van der Waals surface area contributed by atoms with Crippen LogP contribution in [-0.2, 0) is 4.74 Å². The van der Waals surface area contributed by atoms with Crippen molar-refractivity contribution >= 4 is 17.6 Å². The summed E-state index contributed by atoms with van der Waals surface area (Å²) < 4.78 is 5.74. The first-order chi connectivity index (χ1) is 9.02. The molecular formula is C11H10N4O4. The van der Waals surface area contributed by atoms with Gasteiger partial charge >= 0.3 is 11.9 Å². The van der Waals surface area contributed by atoms with E-state index in [4.69, 9.17) is 10.8 Å². The predicted octanol–water partition coefficient (Wildman–Crippen LogP) is 0.334. The van der Waals surface area contributed by atoms with E-state index in [0.29, 0.717) is 5.69 Å². The number of carbonyl (C=O) groups excluding carboxylic acids is 1. The molecule has 0 amide bonds. The maximum absolute atomic E-state index is 11.2. The lowest BCUT2D eigenvalue weighted by atomic mass is 10.1. The summed E-state index contributed by atoms with van der Waals surface area (Å²) in [6, 6.07) is 4.35. The SMILES string of the molecule is COC(=O)c1ncn(-c2ccc(N)c(C(=O)O)c2)n1. The Labute approximate surface area is 107 Å². The third-order valence-electron chi connectivity index (χ3n) is 2.39. The molecule has 1 aromatic carbocycles. The number of carboxylic acid groups (broad SMARTS) is 1.